The fourth-order valence-electron chi connectivity index (χ4n) is 1.87. The zero-order chi connectivity index (χ0) is 9.73. The van der Waals surface area contributed by atoms with E-state index in [1.807, 2.05) is 0 Å². The van der Waals surface area contributed by atoms with Gasteiger partial charge in [-0.25, -0.2) is 0 Å². The summed E-state index contributed by atoms with van der Waals surface area (Å²) in [5.41, 5.74) is 0.372. The standard InChI is InChI=1S/C11H24N2/c1-10(2)5-4-7-13-11(3)6-8-12-9-11/h10,12-13H,4-9H2,1-3H3. The van der Waals surface area contributed by atoms with E-state index in [9.17, 15) is 0 Å². The lowest BCUT2D eigenvalue weighted by atomic mass is 10.0. The highest BCUT2D eigenvalue weighted by atomic mass is 15.1. The summed E-state index contributed by atoms with van der Waals surface area (Å²) in [7, 11) is 0. The first-order valence-corrected chi connectivity index (χ1v) is 5.58. The van der Waals surface area contributed by atoms with Crippen molar-refractivity contribution in [2.75, 3.05) is 19.6 Å². The van der Waals surface area contributed by atoms with E-state index in [2.05, 4.69) is 31.4 Å². The van der Waals surface area contributed by atoms with Crippen molar-refractivity contribution in [3.05, 3.63) is 0 Å². The largest absolute Gasteiger partial charge is 0.315 e. The minimum Gasteiger partial charge on any atom is -0.315 e. The molecule has 0 bridgehead atoms. The molecule has 0 saturated carbocycles. The first-order valence-electron chi connectivity index (χ1n) is 5.58. The third-order valence-electron chi connectivity index (χ3n) is 2.88. The third-order valence-corrected chi connectivity index (χ3v) is 2.88. The van der Waals surface area contributed by atoms with E-state index >= 15 is 0 Å². The molecule has 1 heterocycles. The zero-order valence-electron chi connectivity index (χ0n) is 9.32. The van der Waals surface area contributed by atoms with Crippen molar-refractivity contribution in [1.29, 1.82) is 0 Å². The lowest BCUT2D eigenvalue weighted by Crippen LogP contribution is -2.44. The van der Waals surface area contributed by atoms with Crippen molar-refractivity contribution < 1.29 is 0 Å². The van der Waals surface area contributed by atoms with E-state index in [0.717, 1.165) is 12.5 Å². The van der Waals surface area contributed by atoms with Gasteiger partial charge in [0.2, 0.25) is 0 Å². The number of hydrogen-bond acceptors (Lipinski definition) is 2. The summed E-state index contributed by atoms with van der Waals surface area (Å²) < 4.78 is 0. The predicted octanol–water partition coefficient (Wildman–Crippen LogP) is 1.76. The summed E-state index contributed by atoms with van der Waals surface area (Å²) in [6.07, 6.45) is 3.93. The maximum atomic E-state index is 3.65. The van der Waals surface area contributed by atoms with E-state index in [-0.39, 0.29) is 0 Å². The van der Waals surface area contributed by atoms with E-state index in [0.29, 0.717) is 5.54 Å². The average molecular weight is 184 g/mol. The first-order chi connectivity index (χ1) is 6.12. The van der Waals surface area contributed by atoms with E-state index in [4.69, 9.17) is 0 Å². The van der Waals surface area contributed by atoms with Crippen LogP contribution < -0.4 is 10.6 Å². The monoisotopic (exact) mass is 184 g/mol. The lowest BCUT2D eigenvalue weighted by Gasteiger charge is -2.24. The minimum absolute atomic E-state index is 0.372. The normalized spacial score (nSPS) is 28.6. The molecule has 2 N–H and O–H groups in total. The molecule has 1 aliphatic rings. The quantitative estimate of drug-likeness (QED) is 0.636. The highest BCUT2D eigenvalue weighted by Crippen LogP contribution is 2.13. The van der Waals surface area contributed by atoms with Crippen molar-refractivity contribution in [2.24, 2.45) is 5.92 Å². The second kappa shape index (κ2) is 4.97. The molecule has 13 heavy (non-hydrogen) atoms. The molecule has 1 rings (SSSR count). The minimum atomic E-state index is 0.372. The Bertz CT molecular complexity index is 137. The van der Waals surface area contributed by atoms with Crippen molar-refractivity contribution in [1.82, 2.24) is 10.6 Å². The van der Waals surface area contributed by atoms with Crippen LogP contribution in [0.2, 0.25) is 0 Å². The Labute approximate surface area is 82.5 Å². The van der Waals surface area contributed by atoms with Crippen LogP contribution in [-0.4, -0.2) is 25.2 Å². The topological polar surface area (TPSA) is 24.1 Å². The molecule has 0 aromatic carbocycles. The van der Waals surface area contributed by atoms with Crippen LogP contribution in [-0.2, 0) is 0 Å². The fourth-order valence-corrected chi connectivity index (χ4v) is 1.87. The SMILES string of the molecule is CC(C)CCCNC1(C)CCNC1. The van der Waals surface area contributed by atoms with Crippen LogP contribution in [0.25, 0.3) is 0 Å². The molecular weight excluding hydrogens is 160 g/mol. The zero-order valence-corrected chi connectivity index (χ0v) is 9.32. The lowest BCUT2D eigenvalue weighted by molar-refractivity contribution is 0.375. The molecule has 0 aromatic heterocycles. The Morgan fingerprint density at radius 1 is 1.46 bits per heavy atom. The summed E-state index contributed by atoms with van der Waals surface area (Å²) in [5, 5.41) is 7.05. The van der Waals surface area contributed by atoms with Crippen LogP contribution >= 0.6 is 0 Å². The van der Waals surface area contributed by atoms with Gasteiger partial charge in [-0.3, -0.25) is 0 Å². The highest BCUT2D eigenvalue weighted by Gasteiger charge is 2.26. The summed E-state index contributed by atoms with van der Waals surface area (Å²) in [6.45, 7) is 10.4. The Morgan fingerprint density at radius 3 is 2.77 bits per heavy atom. The Kier molecular flexibility index (Phi) is 4.20. The molecule has 0 aliphatic carbocycles. The van der Waals surface area contributed by atoms with Gasteiger partial charge >= 0.3 is 0 Å². The van der Waals surface area contributed by atoms with Crippen molar-refractivity contribution >= 4 is 0 Å². The maximum absolute atomic E-state index is 3.65. The molecule has 2 heteroatoms. The smallest absolute Gasteiger partial charge is 0.0289 e. The number of hydrogen-bond donors (Lipinski definition) is 2. The maximum Gasteiger partial charge on any atom is 0.0289 e. The molecular formula is C11H24N2. The molecule has 1 aliphatic heterocycles. The van der Waals surface area contributed by atoms with Crippen molar-refractivity contribution in [2.45, 2.75) is 45.6 Å². The summed E-state index contributed by atoms with van der Waals surface area (Å²) in [4.78, 5) is 0. The second-order valence-corrected chi connectivity index (χ2v) is 4.95. The molecule has 0 spiro atoms. The Balaban J connectivity index is 2.04. The van der Waals surface area contributed by atoms with Crippen LogP contribution in [0.3, 0.4) is 0 Å². The van der Waals surface area contributed by atoms with E-state index < -0.39 is 0 Å². The summed E-state index contributed by atoms with van der Waals surface area (Å²) >= 11 is 0. The second-order valence-electron chi connectivity index (χ2n) is 4.95. The average Bonchev–Trinajstić information content (AvgIpc) is 2.47. The highest BCUT2D eigenvalue weighted by molar-refractivity contribution is 4.91. The van der Waals surface area contributed by atoms with Crippen LogP contribution in [0.15, 0.2) is 0 Å². The van der Waals surface area contributed by atoms with Gasteiger partial charge in [-0.2, -0.15) is 0 Å². The third kappa shape index (κ3) is 4.10. The summed E-state index contributed by atoms with van der Waals surface area (Å²) in [6, 6.07) is 0. The molecule has 78 valence electrons. The molecule has 0 aromatic rings. The van der Waals surface area contributed by atoms with E-state index in [1.165, 1.54) is 32.4 Å². The van der Waals surface area contributed by atoms with Crippen molar-refractivity contribution in [3.8, 4) is 0 Å². The molecule has 1 fully saturated rings. The van der Waals surface area contributed by atoms with Gasteiger partial charge in [-0.05, 0) is 45.2 Å². The van der Waals surface area contributed by atoms with Gasteiger partial charge in [0.15, 0.2) is 0 Å². The molecule has 1 atom stereocenters. The predicted molar refractivity (Wildman–Crippen MR) is 58.0 cm³/mol. The molecule has 0 amide bonds. The van der Waals surface area contributed by atoms with Gasteiger partial charge in [-0.1, -0.05) is 13.8 Å². The van der Waals surface area contributed by atoms with Crippen LogP contribution in [0.4, 0.5) is 0 Å². The van der Waals surface area contributed by atoms with Gasteiger partial charge in [0.05, 0.1) is 0 Å². The van der Waals surface area contributed by atoms with Gasteiger partial charge in [0.1, 0.15) is 0 Å². The fraction of sp³-hybridized carbons (Fsp3) is 1.00. The van der Waals surface area contributed by atoms with E-state index in [1.54, 1.807) is 0 Å². The van der Waals surface area contributed by atoms with Gasteiger partial charge in [0, 0.05) is 12.1 Å². The van der Waals surface area contributed by atoms with Gasteiger partial charge in [-0.15, -0.1) is 0 Å². The molecule has 1 saturated heterocycles. The molecule has 1 unspecified atom stereocenters. The first kappa shape index (κ1) is 11.0. The van der Waals surface area contributed by atoms with Crippen LogP contribution in [0.1, 0.15) is 40.0 Å². The van der Waals surface area contributed by atoms with Crippen LogP contribution in [0, 0.1) is 5.92 Å². The summed E-state index contributed by atoms with van der Waals surface area (Å²) in [5.74, 6) is 0.844. The molecule has 0 radical (unpaired) electrons. The van der Waals surface area contributed by atoms with Gasteiger partial charge < -0.3 is 10.6 Å². The number of nitrogens with one attached hydrogen (secondary N) is 2. The van der Waals surface area contributed by atoms with Gasteiger partial charge in [0.25, 0.3) is 0 Å². The van der Waals surface area contributed by atoms with Crippen molar-refractivity contribution in [3.63, 3.8) is 0 Å². The number of rotatable bonds is 5. The molecule has 2 nitrogen and oxygen atoms in total. The Morgan fingerprint density at radius 2 is 2.23 bits per heavy atom. The van der Waals surface area contributed by atoms with Crippen LogP contribution in [0.5, 0.6) is 0 Å². The Hall–Kier alpha value is -0.0800.